The molecule has 0 fully saturated rings. The van der Waals surface area contributed by atoms with Gasteiger partial charge >= 0.3 is 5.97 Å². The molecule has 1 aliphatic rings. The summed E-state index contributed by atoms with van der Waals surface area (Å²) in [5.74, 6) is -1.62. The van der Waals surface area contributed by atoms with Crippen molar-refractivity contribution in [3.8, 4) is 0 Å². The van der Waals surface area contributed by atoms with Gasteiger partial charge < -0.3 is 26.8 Å². The van der Waals surface area contributed by atoms with E-state index in [0.717, 1.165) is 5.56 Å². The Labute approximate surface area is 190 Å². The zero-order valence-electron chi connectivity index (χ0n) is 17.6. The average molecular weight is 442 g/mol. The summed E-state index contributed by atoms with van der Waals surface area (Å²) in [4.78, 5) is 36.4. The second-order valence-corrected chi connectivity index (χ2v) is 7.38. The standard InChI is InChI=1S/C25H22N4O4/c26-12-13-27-23(30)16-6-9-18(10-7-16)28-22(15-4-2-1-3-5-15)21-19-11-8-17(25(32)33)14-20(19)29-24(21)31/h1-11,14,28H,12-13,26H2,(H,27,30)(H,29,31)(H,32,33)/b22-21-. The SMILES string of the molecule is NCCNC(=O)c1ccc(N/C(=C2\C(=O)Nc3cc(C(=O)O)ccc32)c2ccccc2)cc1. The molecule has 0 radical (unpaired) electrons. The number of benzene rings is 3. The fourth-order valence-electron chi connectivity index (χ4n) is 3.57. The molecule has 3 aromatic carbocycles. The number of rotatable bonds is 7. The van der Waals surface area contributed by atoms with E-state index >= 15 is 0 Å². The van der Waals surface area contributed by atoms with Crippen LogP contribution in [0, 0.1) is 0 Å². The Hall–Kier alpha value is -4.43. The number of nitrogens with two attached hydrogens (primary N) is 1. The number of anilines is 2. The molecule has 4 rings (SSSR count). The van der Waals surface area contributed by atoms with E-state index in [4.69, 9.17) is 5.73 Å². The molecule has 6 N–H and O–H groups in total. The molecule has 0 spiro atoms. The lowest BCUT2D eigenvalue weighted by atomic mass is 9.99. The Morgan fingerprint density at radius 2 is 1.61 bits per heavy atom. The highest BCUT2D eigenvalue weighted by molar-refractivity contribution is 6.37. The zero-order chi connectivity index (χ0) is 23.4. The van der Waals surface area contributed by atoms with Crippen LogP contribution in [0.2, 0.25) is 0 Å². The third kappa shape index (κ3) is 4.60. The molecule has 0 unspecified atom stereocenters. The van der Waals surface area contributed by atoms with Crippen molar-refractivity contribution in [2.24, 2.45) is 5.73 Å². The molecule has 3 aromatic rings. The molecule has 2 amide bonds. The van der Waals surface area contributed by atoms with Gasteiger partial charge in [0.05, 0.1) is 22.5 Å². The topological polar surface area (TPSA) is 134 Å². The summed E-state index contributed by atoms with van der Waals surface area (Å²) in [7, 11) is 0. The smallest absolute Gasteiger partial charge is 0.335 e. The summed E-state index contributed by atoms with van der Waals surface area (Å²) in [6, 6.07) is 20.8. The quantitative estimate of drug-likeness (QED) is 0.357. The van der Waals surface area contributed by atoms with Gasteiger partial charge in [0.15, 0.2) is 0 Å². The van der Waals surface area contributed by atoms with Crippen LogP contribution in [0.15, 0.2) is 72.8 Å². The first-order valence-corrected chi connectivity index (χ1v) is 10.3. The molecule has 33 heavy (non-hydrogen) atoms. The molecule has 8 nitrogen and oxygen atoms in total. The maximum absolute atomic E-state index is 12.9. The van der Waals surface area contributed by atoms with E-state index in [1.54, 1.807) is 30.3 Å². The highest BCUT2D eigenvalue weighted by atomic mass is 16.4. The van der Waals surface area contributed by atoms with Gasteiger partial charge in [-0.25, -0.2) is 4.79 Å². The molecule has 0 saturated heterocycles. The van der Waals surface area contributed by atoms with E-state index in [-0.39, 0.29) is 17.4 Å². The lowest BCUT2D eigenvalue weighted by Crippen LogP contribution is -2.28. The summed E-state index contributed by atoms with van der Waals surface area (Å²) < 4.78 is 0. The highest BCUT2D eigenvalue weighted by Gasteiger charge is 2.29. The van der Waals surface area contributed by atoms with Gasteiger partial charge in [-0.1, -0.05) is 36.4 Å². The maximum atomic E-state index is 12.9. The minimum absolute atomic E-state index is 0.0908. The Morgan fingerprint density at radius 3 is 2.27 bits per heavy atom. The summed E-state index contributed by atoms with van der Waals surface area (Å²) in [5.41, 5.74) is 9.48. The van der Waals surface area contributed by atoms with Gasteiger partial charge in [0.25, 0.3) is 11.8 Å². The van der Waals surface area contributed by atoms with E-state index in [1.807, 2.05) is 30.3 Å². The first-order valence-electron chi connectivity index (χ1n) is 10.3. The lowest BCUT2D eigenvalue weighted by molar-refractivity contribution is -0.110. The van der Waals surface area contributed by atoms with Gasteiger partial charge in [-0.05, 0) is 42.0 Å². The van der Waals surface area contributed by atoms with Crippen LogP contribution in [0.3, 0.4) is 0 Å². The summed E-state index contributed by atoms with van der Waals surface area (Å²) in [5, 5.41) is 18.1. The largest absolute Gasteiger partial charge is 0.478 e. The van der Waals surface area contributed by atoms with Crippen molar-refractivity contribution in [1.82, 2.24) is 5.32 Å². The molecule has 166 valence electrons. The van der Waals surface area contributed by atoms with Gasteiger partial charge in [0.2, 0.25) is 0 Å². The van der Waals surface area contributed by atoms with Crippen LogP contribution >= 0.6 is 0 Å². The fraction of sp³-hybridized carbons (Fsp3) is 0.0800. The maximum Gasteiger partial charge on any atom is 0.335 e. The molecular weight excluding hydrogens is 420 g/mol. The van der Waals surface area contributed by atoms with Crippen molar-refractivity contribution in [2.75, 3.05) is 23.7 Å². The highest BCUT2D eigenvalue weighted by Crippen LogP contribution is 2.38. The number of carboxylic acid groups (broad SMARTS) is 1. The summed E-state index contributed by atoms with van der Waals surface area (Å²) in [6.07, 6.45) is 0. The van der Waals surface area contributed by atoms with Gasteiger partial charge in [-0.15, -0.1) is 0 Å². The molecule has 1 heterocycles. The zero-order valence-corrected chi connectivity index (χ0v) is 17.6. The van der Waals surface area contributed by atoms with Crippen molar-refractivity contribution in [1.29, 1.82) is 0 Å². The Balaban J connectivity index is 1.74. The third-order valence-electron chi connectivity index (χ3n) is 5.17. The molecule has 0 saturated carbocycles. The number of carbonyl (C=O) groups is 3. The number of hydrogen-bond acceptors (Lipinski definition) is 5. The van der Waals surface area contributed by atoms with Gasteiger partial charge in [0.1, 0.15) is 0 Å². The van der Waals surface area contributed by atoms with Gasteiger partial charge in [0, 0.05) is 29.9 Å². The van der Waals surface area contributed by atoms with Crippen molar-refractivity contribution in [2.45, 2.75) is 0 Å². The number of hydrogen-bond donors (Lipinski definition) is 5. The Bertz CT molecular complexity index is 1250. The minimum atomic E-state index is -1.07. The van der Waals surface area contributed by atoms with E-state index in [0.29, 0.717) is 46.9 Å². The molecule has 0 aliphatic carbocycles. The number of nitrogens with one attached hydrogen (secondary N) is 3. The van der Waals surface area contributed by atoms with Gasteiger partial charge in [-0.2, -0.15) is 0 Å². The number of aromatic carboxylic acids is 1. The van der Waals surface area contributed by atoms with E-state index in [2.05, 4.69) is 16.0 Å². The van der Waals surface area contributed by atoms with Crippen LogP contribution in [-0.4, -0.2) is 36.0 Å². The van der Waals surface area contributed by atoms with E-state index in [9.17, 15) is 19.5 Å². The van der Waals surface area contributed by atoms with Crippen LogP contribution in [-0.2, 0) is 4.79 Å². The van der Waals surface area contributed by atoms with Crippen LogP contribution in [0.4, 0.5) is 11.4 Å². The predicted molar refractivity (Wildman–Crippen MR) is 127 cm³/mol. The number of carbonyl (C=O) groups excluding carboxylic acids is 2. The monoisotopic (exact) mass is 442 g/mol. The Kier molecular flexibility index (Phi) is 6.19. The molecule has 0 aromatic heterocycles. The lowest BCUT2D eigenvalue weighted by Gasteiger charge is -2.15. The molecule has 0 atom stereocenters. The second-order valence-electron chi connectivity index (χ2n) is 7.38. The van der Waals surface area contributed by atoms with Crippen LogP contribution in [0.1, 0.15) is 31.8 Å². The van der Waals surface area contributed by atoms with Crippen molar-refractivity contribution in [3.63, 3.8) is 0 Å². The predicted octanol–water partition coefficient (Wildman–Crippen LogP) is 3.01. The molecular formula is C25H22N4O4. The number of fused-ring (bicyclic) bond motifs is 1. The summed E-state index contributed by atoms with van der Waals surface area (Å²) >= 11 is 0. The van der Waals surface area contributed by atoms with Crippen molar-refractivity contribution >= 4 is 40.4 Å². The average Bonchev–Trinajstić information content (AvgIpc) is 3.16. The second kappa shape index (κ2) is 9.37. The number of amides is 2. The normalized spacial score (nSPS) is 13.7. The van der Waals surface area contributed by atoms with Crippen molar-refractivity contribution in [3.05, 3.63) is 95.1 Å². The first kappa shape index (κ1) is 21.8. The Morgan fingerprint density at radius 1 is 0.909 bits per heavy atom. The van der Waals surface area contributed by atoms with E-state index < -0.39 is 5.97 Å². The minimum Gasteiger partial charge on any atom is -0.478 e. The summed E-state index contributed by atoms with van der Waals surface area (Å²) in [6.45, 7) is 0.748. The number of carboxylic acids is 1. The molecule has 8 heteroatoms. The first-order chi connectivity index (χ1) is 16.0. The molecule has 0 bridgehead atoms. The van der Waals surface area contributed by atoms with Crippen LogP contribution in [0.5, 0.6) is 0 Å². The van der Waals surface area contributed by atoms with Gasteiger partial charge in [-0.3, -0.25) is 9.59 Å². The van der Waals surface area contributed by atoms with E-state index in [1.165, 1.54) is 12.1 Å². The van der Waals surface area contributed by atoms with Crippen LogP contribution < -0.4 is 21.7 Å². The van der Waals surface area contributed by atoms with Crippen molar-refractivity contribution < 1.29 is 19.5 Å². The fourth-order valence-corrected chi connectivity index (χ4v) is 3.57. The molecule has 1 aliphatic heterocycles. The van der Waals surface area contributed by atoms with Crippen LogP contribution in [0.25, 0.3) is 11.3 Å². The third-order valence-corrected chi connectivity index (χ3v) is 5.17.